The van der Waals surface area contributed by atoms with E-state index in [-0.39, 0.29) is 0 Å². The van der Waals surface area contributed by atoms with Crippen LogP contribution in [0.25, 0.3) is 0 Å². The number of nitrogens with one attached hydrogen (secondary N) is 1. The third kappa shape index (κ3) is 5.18. The Balaban J connectivity index is 1.83. The molecule has 1 N–H and O–H groups in total. The number of amides is 1. The molecule has 0 aliphatic carbocycles. The van der Waals surface area contributed by atoms with Crippen molar-refractivity contribution in [3.8, 4) is 0 Å². The first-order valence-electron chi connectivity index (χ1n) is 7.69. The smallest absolute Gasteiger partial charge is 0.407 e. The summed E-state index contributed by atoms with van der Waals surface area (Å²) in [7, 11) is 2.14. The van der Waals surface area contributed by atoms with Gasteiger partial charge in [-0.15, -0.1) is 0 Å². The Morgan fingerprint density at radius 1 is 1.27 bits per heavy atom. The molecule has 6 heteroatoms. The van der Waals surface area contributed by atoms with Crippen molar-refractivity contribution in [3.63, 3.8) is 0 Å². The predicted molar refractivity (Wildman–Crippen MR) is 87.0 cm³/mol. The van der Waals surface area contributed by atoms with Crippen LogP contribution in [-0.4, -0.2) is 54.8 Å². The summed E-state index contributed by atoms with van der Waals surface area (Å²) in [5, 5.41) is 2.74. The largest absolute Gasteiger partial charge is 0.444 e. The molecule has 0 spiro atoms. The van der Waals surface area contributed by atoms with E-state index in [1.54, 1.807) is 0 Å². The van der Waals surface area contributed by atoms with Crippen LogP contribution < -0.4 is 10.2 Å². The number of alkyl carbamates (subject to hydrolysis) is 1. The SMILES string of the molecule is CN1CCN(c2ccc(CNC(=O)OC(C)(C)C)cn2)CC1. The second kappa shape index (κ2) is 6.96. The third-order valence-corrected chi connectivity index (χ3v) is 3.47. The minimum atomic E-state index is -0.479. The van der Waals surface area contributed by atoms with Crippen LogP contribution in [0.5, 0.6) is 0 Å². The molecular weight excluding hydrogens is 280 g/mol. The molecule has 0 atom stereocenters. The highest BCUT2D eigenvalue weighted by atomic mass is 16.6. The quantitative estimate of drug-likeness (QED) is 0.924. The summed E-state index contributed by atoms with van der Waals surface area (Å²) in [4.78, 5) is 20.7. The molecule has 0 bridgehead atoms. The molecule has 2 rings (SSSR count). The fourth-order valence-corrected chi connectivity index (χ4v) is 2.23. The maximum Gasteiger partial charge on any atom is 0.407 e. The van der Waals surface area contributed by atoms with Crippen LogP contribution in [0.2, 0.25) is 0 Å². The van der Waals surface area contributed by atoms with Crippen molar-refractivity contribution < 1.29 is 9.53 Å². The molecule has 22 heavy (non-hydrogen) atoms. The van der Waals surface area contributed by atoms with Crippen LogP contribution in [0.1, 0.15) is 26.3 Å². The number of hydrogen-bond donors (Lipinski definition) is 1. The van der Waals surface area contributed by atoms with Gasteiger partial charge >= 0.3 is 6.09 Å². The van der Waals surface area contributed by atoms with Crippen molar-refractivity contribution >= 4 is 11.9 Å². The average Bonchev–Trinajstić information content (AvgIpc) is 2.45. The molecule has 0 radical (unpaired) electrons. The number of rotatable bonds is 3. The molecule has 1 aromatic heterocycles. The molecule has 1 saturated heterocycles. The summed E-state index contributed by atoms with van der Waals surface area (Å²) < 4.78 is 5.21. The molecular formula is C16H26N4O2. The zero-order valence-corrected chi connectivity index (χ0v) is 13.9. The van der Waals surface area contributed by atoms with E-state index in [1.165, 1.54) is 0 Å². The van der Waals surface area contributed by atoms with Crippen LogP contribution >= 0.6 is 0 Å². The summed E-state index contributed by atoms with van der Waals surface area (Å²) in [5.41, 5.74) is 0.483. The lowest BCUT2D eigenvalue weighted by Crippen LogP contribution is -2.44. The van der Waals surface area contributed by atoms with Crippen LogP contribution in [0, 0.1) is 0 Å². The minimum absolute atomic E-state index is 0.407. The molecule has 0 aromatic carbocycles. The van der Waals surface area contributed by atoms with Gasteiger partial charge in [0, 0.05) is 38.9 Å². The summed E-state index contributed by atoms with van der Waals surface area (Å²) in [6.45, 7) is 10.1. The highest BCUT2D eigenvalue weighted by molar-refractivity contribution is 5.67. The van der Waals surface area contributed by atoms with E-state index < -0.39 is 11.7 Å². The monoisotopic (exact) mass is 306 g/mol. The van der Waals surface area contributed by atoms with Gasteiger partial charge in [-0.25, -0.2) is 9.78 Å². The Labute approximate surface area is 132 Å². The van der Waals surface area contributed by atoms with E-state index in [0.717, 1.165) is 37.6 Å². The lowest BCUT2D eigenvalue weighted by atomic mass is 10.2. The van der Waals surface area contributed by atoms with Gasteiger partial charge in [0.05, 0.1) is 0 Å². The normalized spacial score (nSPS) is 16.5. The molecule has 122 valence electrons. The van der Waals surface area contributed by atoms with E-state index in [0.29, 0.717) is 6.54 Å². The first-order valence-corrected chi connectivity index (χ1v) is 7.69. The van der Waals surface area contributed by atoms with Crippen molar-refractivity contribution in [1.82, 2.24) is 15.2 Å². The topological polar surface area (TPSA) is 57.7 Å². The Hall–Kier alpha value is -1.82. The molecule has 1 aliphatic heterocycles. The average molecular weight is 306 g/mol. The van der Waals surface area contributed by atoms with Crippen molar-refractivity contribution in [3.05, 3.63) is 23.9 Å². The molecule has 1 amide bonds. The fraction of sp³-hybridized carbons (Fsp3) is 0.625. The summed E-state index contributed by atoms with van der Waals surface area (Å²) in [6, 6.07) is 4.01. The van der Waals surface area contributed by atoms with E-state index in [1.807, 2.05) is 39.1 Å². The second-order valence-electron chi connectivity index (χ2n) is 6.67. The standard InChI is InChI=1S/C16H26N4O2/c1-16(2,3)22-15(21)18-12-13-5-6-14(17-11-13)20-9-7-19(4)8-10-20/h5-6,11H,7-10,12H2,1-4H3,(H,18,21). The van der Waals surface area contributed by atoms with Crippen molar-refractivity contribution in [2.24, 2.45) is 0 Å². The summed E-state index contributed by atoms with van der Waals surface area (Å²) >= 11 is 0. The number of piperazine rings is 1. The van der Waals surface area contributed by atoms with Gasteiger partial charge in [-0.05, 0) is 39.4 Å². The van der Waals surface area contributed by atoms with Crippen LogP contribution in [-0.2, 0) is 11.3 Å². The van der Waals surface area contributed by atoms with Gasteiger partial charge in [-0.2, -0.15) is 0 Å². The highest BCUT2D eigenvalue weighted by Gasteiger charge is 2.16. The molecule has 1 fully saturated rings. The molecule has 2 heterocycles. The zero-order chi connectivity index (χ0) is 16.2. The first kappa shape index (κ1) is 16.5. The first-order chi connectivity index (χ1) is 10.3. The van der Waals surface area contributed by atoms with Gasteiger partial charge in [0.1, 0.15) is 11.4 Å². The van der Waals surface area contributed by atoms with Gasteiger partial charge in [0.15, 0.2) is 0 Å². The van der Waals surface area contributed by atoms with E-state index in [4.69, 9.17) is 4.74 Å². The van der Waals surface area contributed by atoms with E-state index >= 15 is 0 Å². The van der Waals surface area contributed by atoms with Crippen LogP contribution in [0.4, 0.5) is 10.6 Å². The number of hydrogen-bond acceptors (Lipinski definition) is 5. The van der Waals surface area contributed by atoms with Gasteiger partial charge in [-0.1, -0.05) is 6.07 Å². The van der Waals surface area contributed by atoms with Crippen molar-refractivity contribution in [1.29, 1.82) is 0 Å². The third-order valence-electron chi connectivity index (χ3n) is 3.47. The number of anilines is 1. The highest BCUT2D eigenvalue weighted by Crippen LogP contribution is 2.13. The Morgan fingerprint density at radius 3 is 2.50 bits per heavy atom. The molecule has 0 saturated carbocycles. The van der Waals surface area contributed by atoms with Gasteiger partial charge in [-0.3, -0.25) is 0 Å². The fourth-order valence-electron chi connectivity index (χ4n) is 2.23. The summed E-state index contributed by atoms with van der Waals surface area (Å²) in [6.07, 6.45) is 1.40. The van der Waals surface area contributed by atoms with Gasteiger partial charge in [0.2, 0.25) is 0 Å². The van der Waals surface area contributed by atoms with E-state index in [9.17, 15) is 4.79 Å². The minimum Gasteiger partial charge on any atom is -0.444 e. The maximum absolute atomic E-state index is 11.6. The Bertz CT molecular complexity index is 488. The number of aromatic nitrogens is 1. The number of carbonyl (C=O) groups is 1. The van der Waals surface area contributed by atoms with Crippen molar-refractivity contribution in [2.45, 2.75) is 32.9 Å². The lowest BCUT2D eigenvalue weighted by Gasteiger charge is -2.33. The number of ether oxygens (including phenoxy) is 1. The van der Waals surface area contributed by atoms with Crippen molar-refractivity contribution in [2.75, 3.05) is 38.1 Å². The van der Waals surface area contributed by atoms with Crippen LogP contribution in [0.3, 0.4) is 0 Å². The maximum atomic E-state index is 11.6. The van der Waals surface area contributed by atoms with E-state index in [2.05, 4.69) is 27.1 Å². The number of carbonyl (C=O) groups excluding carboxylic acids is 1. The Kier molecular flexibility index (Phi) is 5.24. The molecule has 1 aliphatic rings. The zero-order valence-electron chi connectivity index (χ0n) is 13.9. The Morgan fingerprint density at radius 2 is 1.95 bits per heavy atom. The molecule has 6 nitrogen and oxygen atoms in total. The number of nitrogens with zero attached hydrogens (tertiary/aromatic N) is 3. The second-order valence-corrected chi connectivity index (χ2v) is 6.67. The number of pyridine rings is 1. The molecule has 0 unspecified atom stereocenters. The summed E-state index contributed by atoms with van der Waals surface area (Å²) in [5.74, 6) is 0.995. The van der Waals surface area contributed by atoms with Crippen LogP contribution in [0.15, 0.2) is 18.3 Å². The predicted octanol–water partition coefficient (Wildman–Crippen LogP) is 1.86. The molecule has 1 aromatic rings. The van der Waals surface area contributed by atoms with Gasteiger partial charge < -0.3 is 19.9 Å². The lowest BCUT2D eigenvalue weighted by molar-refractivity contribution is 0.0523. The number of likely N-dealkylation sites (N-methyl/N-ethyl adjacent to an activating group) is 1. The van der Waals surface area contributed by atoms with Gasteiger partial charge in [0.25, 0.3) is 0 Å².